The van der Waals surface area contributed by atoms with Gasteiger partial charge in [-0.2, -0.15) is 0 Å². The molecule has 18 heavy (non-hydrogen) atoms. The monoisotopic (exact) mass is 256 g/mol. The van der Waals surface area contributed by atoms with Crippen molar-refractivity contribution >= 4 is 0 Å². The van der Waals surface area contributed by atoms with Crippen LogP contribution in [0.25, 0.3) is 10.4 Å². The van der Waals surface area contributed by atoms with Crippen LogP contribution in [0, 0.1) is 0 Å². The van der Waals surface area contributed by atoms with Crippen LogP contribution < -0.4 is 11.1 Å². The van der Waals surface area contributed by atoms with Crippen molar-refractivity contribution in [2.45, 2.75) is 30.6 Å². The molecule has 0 radical (unpaired) electrons. The maximum Gasteiger partial charge on any atom is 0.175 e. The van der Waals surface area contributed by atoms with Gasteiger partial charge in [-0.15, -0.1) is 0 Å². The van der Waals surface area contributed by atoms with Gasteiger partial charge in [0.1, 0.15) is 6.10 Å². The summed E-state index contributed by atoms with van der Waals surface area (Å²) in [5.74, 6) is 0. The van der Waals surface area contributed by atoms with Gasteiger partial charge in [0.2, 0.25) is 0 Å². The Bertz CT molecular complexity index is 384. The first-order valence-electron chi connectivity index (χ1n) is 5.56. The highest BCUT2D eigenvalue weighted by atomic mass is 16.6. The van der Waals surface area contributed by atoms with E-state index >= 15 is 0 Å². The molecule has 0 aromatic carbocycles. The SMILES string of the molecule is [N-]=[N+]=NC1(CO)CC(O)C(N2C=CC(N)NC2)O1. The summed E-state index contributed by atoms with van der Waals surface area (Å²) in [5.41, 5.74) is 12.7. The Morgan fingerprint density at radius 3 is 3.06 bits per heavy atom. The average Bonchev–Trinajstić information content (AvgIpc) is 2.69. The van der Waals surface area contributed by atoms with E-state index in [1.807, 2.05) is 0 Å². The second kappa shape index (κ2) is 5.11. The standard InChI is InChI=1S/C9H16N6O3/c10-7-1-2-15(5-12-7)8-6(17)3-9(4-16,18-8)13-14-11/h1-2,6-8,12,16-17H,3-5,10H2. The van der Waals surface area contributed by atoms with Gasteiger partial charge in [-0.3, -0.25) is 5.32 Å². The van der Waals surface area contributed by atoms with E-state index in [0.29, 0.717) is 6.67 Å². The van der Waals surface area contributed by atoms with E-state index in [0.717, 1.165) is 0 Å². The van der Waals surface area contributed by atoms with Crippen molar-refractivity contribution in [2.24, 2.45) is 10.8 Å². The molecule has 4 unspecified atom stereocenters. The van der Waals surface area contributed by atoms with Crippen LogP contribution in [-0.2, 0) is 4.74 Å². The minimum Gasteiger partial charge on any atom is -0.393 e. The number of nitrogens with zero attached hydrogens (tertiary/aromatic N) is 4. The van der Waals surface area contributed by atoms with Crippen molar-refractivity contribution in [1.82, 2.24) is 10.2 Å². The van der Waals surface area contributed by atoms with Gasteiger partial charge in [0, 0.05) is 17.5 Å². The third-order valence-corrected chi connectivity index (χ3v) is 2.99. The fourth-order valence-corrected chi connectivity index (χ4v) is 2.06. The predicted molar refractivity (Wildman–Crippen MR) is 61.4 cm³/mol. The van der Waals surface area contributed by atoms with E-state index in [4.69, 9.17) is 16.0 Å². The highest BCUT2D eigenvalue weighted by Crippen LogP contribution is 2.33. The molecule has 1 saturated heterocycles. The molecule has 0 bridgehead atoms. The lowest BCUT2D eigenvalue weighted by molar-refractivity contribution is -0.127. The van der Waals surface area contributed by atoms with Crippen molar-refractivity contribution in [1.29, 1.82) is 0 Å². The molecule has 9 heteroatoms. The zero-order valence-corrected chi connectivity index (χ0v) is 9.68. The summed E-state index contributed by atoms with van der Waals surface area (Å²) in [4.78, 5) is 4.34. The minimum atomic E-state index is -1.40. The molecule has 9 nitrogen and oxygen atoms in total. The summed E-state index contributed by atoms with van der Waals surface area (Å²) in [5, 5.41) is 25.6. The van der Waals surface area contributed by atoms with Crippen LogP contribution in [0.4, 0.5) is 0 Å². The molecule has 5 N–H and O–H groups in total. The number of nitrogens with two attached hydrogens (primary N) is 1. The molecule has 1 fully saturated rings. The normalized spacial score (nSPS) is 39.7. The maximum absolute atomic E-state index is 9.95. The Morgan fingerprint density at radius 1 is 1.72 bits per heavy atom. The van der Waals surface area contributed by atoms with E-state index in [9.17, 15) is 10.2 Å². The number of nitrogens with one attached hydrogen (secondary N) is 1. The fraction of sp³-hybridized carbons (Fsp3) is 0.778. The molecule has 2 aliphatic rings. The molecule has 2 rings (SSSR count). The fourth-order valence-electron chi connectivity index (χ4n) is 2.06. The zero-order chi connectivity index (χ0) is 13.2. The second-order valence-corrected chi connectivity index (χ2v) is 4.32. The lowest BCUT2D eigenvalue weighted by Gasteiger charge is -2.34. The third kappa shape index (κ3) is 2.41. The number of hydrogen-bond donors (Lipinski definition) is 4. The number of azide groups is 1. The van der Waals surface area contributed by atoms with Crippen molar-refractivity contribution in [3.05, 3.63) is 22.7 Å². The predicted octanol–water partition coefficient (Wildman–Crippen LogP) is -1.25. The van der Waals surface area contributed by atoms with Crippen LogP contribution in [0.1, 0.15) is 6.42 Å². The molecule has 2 aliphatic heterocycles. The lowest BCUT2D eigenvalue weighted by atomic mass is 10.1. The summed E-state index contributed by atoms with van der Waals surface area (Å²) in [6.45, 7) is -0.0771. The Hall–Kier alpha value is -1.35. The number of ether oxygens (including phenoxy) is 1. The maximum atomic E-state index is 9.95. The highest BCUT2D eigenvalue weighted by Gasteiger charge is 2.47. The Balaban J connectivity index is 2.11. The van der Waals surface area contributed by atoms with Crippen LogP contribution in [0.5, 0.6) is 0 Å². The Morgan fingerprint density at radius 2 is 2.50 bits per heavy atom. The summed E-state index contributed by atoms with van der Waals surface area (Å²) in [6, 6.07) is 0. The van der Waals surface area contributed by atoms with E-state index in [2.05, 4.69) is 15.3 Å². The topological polar surface area (TPSA) is 140 Å². The van der Waals surface area contributed by atoms with Crippen molar-refractivity contribution < 1.29 is 14.9 Å². The van der Waals surface area contributed by atoms with Gasteiger partial charge in [0.15, 0.2) is 12.0 Å². The molecular formula is C9H16N6O3. The quantitative estimate of drug-likeness (QED) is 0.283. The van der Waals surface area contributed by atoms with Gasteiger partial charge in [-0.05, 0) is 11.6 Å². The number of aliphatic hydroxyl groups is 2. The molecule has 0 aliphatic carbocycles. The van der Waals surface area contributed by atoms with E-state index in [-0.39, 0.29) is 12.6 Å². The molecule has 100 valence electrons. The van der Waals surface area contributed by atoms with Crippen LogP contribution in [-0.4, -0.2) is 52.6 Å². The lowest BCUT2D eigenvalue weighted by Crippen LogP contribution is -2.51. The number of hydrogen-bond acceptors (Lipinski definition) is 7. The average molecular weight is 256 g/mol. The Kier molecular flexibility index (Phi) is 3.71. The summed E-state index contributed by atoms with van der Waals surface area (Å²) in [6.07, 6.45) is 1.70. The molecular weight excluding hydrogens is 240 g/mol. The molecule has 0 saturated carbocycles. The first kappa shape index (κ1) is 13.1. The molecule has 4 atom stereocenters. The largest absolute Gasteiger partial charge is 0.393 e. The highest BCUT2D eigenvalue weighted by molar-refractivity contribution is 5.00. The summed E-state index contributed by atoms with van der Waals surface area (Å²) in [7, 11) is 0. The van der Waals surface area contributed by atoms with E-state index in [1.165, 1.54) is 0 Å². The van der Waals surface area contributed by atoms with Crippen molar-refractivity contribution in [2.75, 3.05) is 13.3 Å². The molecule has 0 aromatic heterocycles. The smallest absolute Gasteiger partial charge is 0.175 e. The number of rotatable bonds is 3. The van der Waals surface area contributed by atoms with E-state index < -0.39 is 24.7 Å². The van der Waals surface area contributed by atoms with E-state index in [1.54, 1.807) is 17.2 Å². The molecule has 0 spiro atoms. The van der Waals surface area contributed by atoms with Crippen molar-refractivity contribution in [3.63, 3.8) is 0 Å². The van der Waals surface area contributed by atoms with Gasteiger partial charge in [-0.25, -0.2) is 0 Å². The first-order chi connectivity index (χ1) is 8.60. The van der Waals surface area contributed by atoms with Gasteiger partial charge in [0.25, 0.3) is 0 Å². The van der Waals surface area contributed by atoms with Crippen LogP contribution in [0.3, 0.4) is 0 Å². The van der Waals surface area contributed by atoms with Crippen LogP contribution in [0.15, 0.2) is 17.4 Å². The molecule has 0 aromatic rings. The van der Waals surface area contributed by atoms with Crippen LogP contribution in [0.2, 0.25) is 0 Å². The zero-order valence-electron chi connectivity index (χ0n) is 9.68. The van der Waals surface area contributed by atoms with Gasteiger partial charge >= 0.3 is 0 Å². The third-order valence-electron chi connectivity index (χ3n) is 2.99. The van der Waals surface area contributed by atoms with Gasteiger partial charge < -0.3 is 25.6 Å². The summed E-state index contributed by atoms with van der Waals surface area (Å²) >= 11 is 0. The van der Waals surface area contributed by atoms with Gasteiger partial charge in [0.05, 0.1) is 19.4 Å². The number of aliphatic hydroxyl groups excluding tert-OH is 2. The molecule has 0 amide bonds. The van der Waals surface area contributed by atoms with Crippen molar-refractivity contribution in [3.8, 4) is 0 Å². The molecule has 2 heterocycles. The summed E-state index contributed by atoms with van der Waals surface area (Å²) < 4.78 is 5.50. The van der Waals surface area contributed by atoms with Crippen LogP contribution >= 0.6 is 0 Å². The first-order valence-corrected chi connectivity index (χ1v) is 5.56. The second-order valence-electron chi connectivity index (χ2n) is 4.32. The van der Waals surface area contributed by atoms with Gasteiger partial charge in [-0.1, -0.05) is 5.11 Å². The Labute approximate surface area is 103 Å². The minimum absolute atomic E-state index is 0.0502.